The second-order valence-corrected chi connectivity index (χ2v) is 17.4. The number of benzene rings is 2. The Hall–Kier alpha value is -5.45. The summed E-state index contributed by atoms with van der Waals surface area (Å²) in [6.07, 6.45) is 32.2. The molecule has 3 aliphatic heterocycles. The summed E-state index contributed by atoms with van der Waals surface area (Å²) in [6.45, 7) is 12.5. The molecule has 6 rings (SSSR count). The topological polar surface area (TPSA) is 121 Å². The highest BCUT2D eigenvalue weighted by Crippen LogP contribution is 2.47. The van der Waals surface area contributed by atoms with Gasteiger partial charge in [-0.05, 0) is 99.6 Å². The van der Waals surface area contributed by atoms with E-state index in [0.29, 0.717) is 43.1 Å². The van der Waals surface area contributed by atoms with Gasteiger partial charge in [0.1, 0.15) is 5.75 Å². The molecule has 4 heterocycles. The van der Waals surface area contributed by atoms with Crippen LogP contribution in [-0.2, 0) is 19.7 Å². The van der Waals surface area contributed by atoms with Crippen molar-refractivity contribution in [1.82, 2.24) is 19.7 Å². The van der Waals surface area contributed by atoms with Crippen LogP contribution in [0.2, 0.25) is 0 Å². The summed E-state index contributed by atoms with van der Waals surface area (Å²) in [5.41, 5.74) is 8.70. The fourth-order valence-corrected chi connectivity index (χ4v) is 9.30. The van der Waals surface area contributed by atoms with Gasteiger partial charge >= 0.3 is 0 Å². The molecular weight excluding hydrogens is 787 g/mol. The summed E-state index contributed by atoms with van der Waals surface area (Å²) in [4.78, 5) is 51.4. The number of nitrogens with two attached hydrogens (primary N) is 1. The molecule has 0 saturated carbocycles. The Morgan fingerprint density at radius 3 is 2.16 bits per heavy atom. The Bertz CT molecular complexity index is 2150. The number of carbonyl (C=O) groups excluding carboxylic acids is 3. The molecule has 2 aromatic carbocycles. The minimum absolute atomic E-state index is 0.0575. The second kappa shape index (κ2) is 23.8. The largest absolute Gasteiger partial charge is 0.494 e. The summed E-state index contributed by atoms with van der Waals surface area (Å²) in [7, 11) is 0. The number of amides is 3. The van der Waals surface area contributed by atoms with Crippen LogP contribution < -0.4 is 10.5 Å². The van der Waals surface area contributed by atoms with Gasteiger partial charge in [-0.25, -0.2) is 0 Å². The molecule has 10 heteroatoms. The van der Waals surface area contributed by atoms with Gasteiger partial charge in [-0.3, -0.25) is 19.3 Å². The van der Waals surface area contributed by atoms with Crippen LogP contribution in [0.3, 0.4) is 0 Å². The molecule has 1 unspecified atom stereocenters. The van der Waals surface area contributed by atoms with Crippen molar-refractivity contribution in [3.05, 3.63) is 132 Å². The van der Waals surface area contributed by atoms with Gasteiger partial charge in [0.25, 0.3) is 11.8 Å². The lowest BCUT2D eigenvalue weighted by molar-refractivity contribution is -0.130. The summed E-state index contributed by atoms with van der Waals surface area (Å²) < 4.78 is 11.5. The molecule has 3 aliphatic rings. The van der Waals surface area contributed by atoms with Crippen LogP contribution >= 0.6 is 0 Å². The van der Waals surface area contributed by atoms with Crippen molar-refractivity contribution in [2.75, 3.05) is 52.5 Å². The minimum atomic E-state index is -0.649. The normalized spacial score (nSPS) is 19.6. The van der Waals surface area contributed by atoms with Crippen LogP contribution in [0, 0.1) is 5.92 Å². The highest BCUT2D eigenvalue weighted by Gasteiger charge is 2.49. The number of para-hydroxylation sites is 1. The Labute approximate surface area is 375 Å². The average Bonchev–Trinajstić information content (AvgIpc) is 3.91. The predicted octanol–water partition coefficient (Wildman–Crippen LogP) is 9.67. The van der Waals surface area contributed by atoms with E-state index in [0.717, 1.165) is 107 Å². The van der Waals surface area contributed by atoms with Crippen molar-refractivity contribution in [2.24, 2.45) is 11.7 Å². The molecule has 2 saturated heterocycles. The Morgan fingerprint density at radius 2 is 1.49 bits per heavy atom. The first kappa shape index (κ1) is 47.0. The number of morpholine rings is 1. The highest BCUT2D eigenvalue weighted by atomic mass is 16.5. The van der Waals surface area contributed by atoms with E-state index in [1.54, 1.807) is 23.2 Å². The van der Waals surface area contributed by atoms with Crippen molar-refractivity contribution in [1.29, 1.82) is 0 Å². The highest BCUT2D eigenvalue weighted by molar-refractivity contribution is 6.20. The molecule has 63 heavy (non-hydrogen) atoms. The van der Waals surface area contributed by atoms with Crippen molar-refractivity contribution in [3.8, 4) is 5.75 Å². The van der Waals surface area contributed by atoms with Gasteiger partial charge in [-0.2, -0.15) is 0 Å². The zero-order valence-electron chi connectivity index (χ0n) is 37.8. The number of rotatable bonds is 21. The second-order valence-electron chi connectivity index (χ2n) is 17.4. The zero-order valence-corrected chi connectivity index (χ0v) is 37.8. The Balaban J connectivity index is 1.09. The molecule has 3 N–H and O–H groups in total. The number of likely N-dealkylation sites (tertiary alicyclic amines) is 1. The molecule has 10 nitrogen and oxygen atoms in total. The monoisotopic (exact) mass is 856 g/mol. The van der Waals surface area contributed by atoms with E-state index in [-0.39, 0.29) is 23.3 Å². The molecule has 3 aromatic rings. The van der Waals surface area contributed by atoms with Crippen molar-refractivity contribution < 1.29 is 23.9 Å². The fraction of sp³-hybridized carbons (Fsp3) is 0.453. The summed E-state index contributed by atoms with van der Waals surface area (Å²) in [5.74, 6) is -0.0771. The zero-order chi connectivity index (χ0) is 44.4. The molecule has 336 valence electrons. The number of nitrogens with zero attached hydrogens (tertiary/aromatic N) is 3. The van der Waals surface area contributed by atoms with Crippen LogP contribution in [0.15, 0.2) is 115 Å². The lowest BCUT2D eigenvalue weighted by Gasteiger charge is -2.43. The first-order chi connectivity index (χ1) is 30.7. The summed E-state index contributed by atoms with van der Waals surface area (Å²) >= 11 is 0. The predicted molar refractivity (Wildman–Crippen MR) is 255 cm³/mol. The van der Waals surface area contributed by atoms with E-state index >= 15 is 0 Å². The lowest BCUT2D eigenvalue weighted by atomic mass is 9.70. The van der Waals surface area contributed by atoms with Gasteiger partial charge < -0.3 is 30.0 Å². The molecule has 2 fully saturated rings. The van der Waals surface area contributed by atoms with Crippen molar-refractivity contribution in [3.63, 3.8) is 0 Å². The molecule has 1 aromatic heterocycles. The number of primary amides is 1. The molecule has 0 bridgehead atoms. The number of hydrogen-bond donors (Lipinski definition) is 2. The van der Waals surface area contributed by atoms with E-state index in [2.05, 4.69) is 97.5 Å². The number of fused-ring (bicyclic) bond motifs is 3. The summed E-state index contributed by atoms with van der Waals surface area (Å²) in [6, 6.07) is 14.9. The van der Waals surface area contributed by atoms with Gasteiger partial charge in [-0.1, -0.05) is 99.7 Å². The van der Waals surface area contributed by atoms with Crippen LogP contribution in [0.1, 0.15) is 107 Å². The summed E-state index contributed by atoms with van der Waals surface area (Å²) in [5, 5.41) is 0.986. The third-order valence-corrected chi connectivity index (χ3v) is 12.5. The third-order valence-electron chi connectivity index (χ3n) is 12.5. The number of aromatic amines is 1. The molecule has 3 amide bonds. The maximum Gasteiger partial charge on any atom is 0.258 e. The fourth-order valence-electron chi connectivity index (χ4n) is 9.30. The quantitative estimate of drug-likeness (QED) is 0.0814. The standard InChI is InChI=1S/C53H69N5O5/c1-4-5-6-7-8-9-10-11-12-13-14-15-16-17-18-19-20-26-47(59)57-33-31-42(39-57)50-53(2,3)48-44-24-21-22-25-46(44)55-49(48)45(51(54)60)40-58(50)52(61)41-27-29-43(30-28-41)63-36-23-32-56-34-37-62-38-35-56/h5-6,8-9,11-12,14-15,17-18,21-22,24-25,27-30,40,42,50,55H,4,7,10,13,16,19-20,23,26,31-39H2,1-3H3,(H2,54,60)/b6-5-,9-8-,12-11-,15-14-,18-17-/t42-,50?/m1/s1. The van der Waals surface area contributed by atoms with E-state index in [1.807, 2.05) is 35.2 Å². The van der Waals surface area contributed by atoms with E-state index in [1.165, 1.54) is 0 Å². The Morgan fingerprint density at radius 1 is 0.841 bits per heavy atom. The molecule has 0 radical (unpaired) electrons. The van der Waals surface area contributed by atoms with Crippen LogP contribution in [0.4, 0.5) is 0 Å². The van der Waals surface area contributed by atoms with Crippen molar-refractivity contribution in [2.45, 2.75) is 96.4 Å². The van der Waals surface area contributed by atoms with Gasteiger partial charge in [0.2, 0.25) is 5.91 Å². The number of ether oxygens (including phenoxy) is 2. The van der Waals surface area contributed by atoms with Gasteiger partial charge in [0.15, 0.2) is 0 Å². The number of H-pyrrole nitrogens is 1. The first-order valence-corrected chi connectivity index (χ1v) is 23.2. The van der Waals surface area contributed by atoms with E-state index in [9.17, 15) is 14.4 Å². The van der Waals surface area contributed by atoms with Crippen LogP contribution in [0.25, 0.3) is 16.5 Å². The molecule has 0 aliphatic carbocycles. The average molecular weight is 856 g/mol. The number of carbonyl (C=O) groups is 3. The maximum atomic E-state index is 14.8. The maximum absolute atomic E-state index is 14.8. The molecular formula is C53H69N5O5. The number of allylic oxidation sites excluding steroid dienone is 10. The molecule has 0 spiro atoms. The van der Waals surface area contributed by atoms with Gasteiger partial charge in [0, 0.05) is 67.2 Å². The smallest absolute Gasteiger partial charge is 0.258 e. The van der Waals surface area contributed by atoms with Gasteiger partial charge in [0.05, 0.1) is 37.1 Å². The number of hydrogen-bond acceptors (Lipinski definition) is 6. The lowest BCUT2D eigenvalue weighted by Crippen LogP contribution is -2.52. The number of aromatic nitrogens is 1. The van der Waals surface area contributed by atoms with Crippen molar-refractivity contribution >= 4 is 34.2 Å². The van der Waals surface area contributed by atoms with E-state index in [4.69, 9.17) is 15.2 Å². The minimum Gasteiger partial charge on any atom is -0.494 e. The van der Waals surface area contributed by atoms with Gasteiger partial charge in [-0.15, -0.1) is 0 Å². The van der Waals surface area contributed by atoms with Crippen LogP contribution in [-0.4, -0.2) is 96.0 Å². The number of unbranched alkanes of at least 4 members (excludes halogenated alkanes) is 1. The van der Waals surface area contributed by atoms with Crippen LogP contribution in [0.5, 0.6) is 5.75 Å². The molecule has 2 atom stereocenters. The third kappa shape index (κ3) is 12.8. The Kier molecular flexibility index (Phi) is 17.8. The van der Waals surface area contributed by atoms with E-state index < -0.39 is 17.4 Å². The first-order valence-electron chi connectivity index (χ1n) is 23.2. The SMILES string of the molecule is CC/C=C\C/C=C\C/C=C\C/C=C\C/C=C\CCCC(=O)N1CC[C@@H](C2N(C(=O)c3ccc(OCCCN4CCOCC4)cc3)C=C(C(N)=O)c3[nH]c4ccccc4c3C2(C)C)C1. The number of nitrogens with one attached hydrogen (secondary N) is 1.